The van der Waals surface area contributed by atoms with Gasteiger partial charge in [-0.25, -0.2) is 4.98 Å². The van der Waals surface area contributed by atoms with Gasteiger partial charge in [0.05, 0.1) is 11.3 Å². The normalized spacial score (nSPS) is 9.81. The number of nitrogens with zero attached hydrogens (tertiary/aromatic N) is 1. The fourth-order valence-electron chi connectivity index (χ4n) is 2.11. The van der Waals surface area contributed by atoms with Gasteiger partial charge in [0.25, 0.3) is 11.8 Å². The van der Waals surface area contributed by atoms with Gasteiger partial charge in [0.2, 0.25) is 11.8 Å². The molecule has 4 amide bonds. The zero-order valence-corrected chi connectivity index (χ0v) is 14.4. The number of primary amides is 1. The van der Waals surface area contributed by atoms with Crippen molar-refractivity contribution in [2.24, 2.45) is 5.73 Å². The second kappa shape index (κ2) is 8.39. The Hall–Kier alpha value is -4.01. The van der Waals surface area contributed by atoms with E-state index in [4.69, 9.17) is 5.73 Å². The molecule has 0 saturated carbocycles. The van der Waals surface area contributed by atoms with Gasteiger partial charge >= 0.3 is 0 Å². The summed E-state index contributed by atoms with van der Waals surface area (Å²) in [5.74, 6) is -2.70. The lowest BCUT2D eigenvalue weighted by atomic mass is 10.2. The van der Waals surface area contributed by atoms with Crippen LogP contribution < -0.4 is 21.7 Å². The van der Waals surface area contributed by atoms with Gasteiger partial charge in [-0.15, -0.1) is 0 Å². The van der Waals surface area contributed by atoms with Gasteiger partial charge in [0.15, 0.2) is 5.82 Å². The van der Waals surface area contributed by atoms with Crippen molar-refractivity contribution in [2.75, 3.05) is 16.0 Å². The smallest absolute Gasteiger partial charge is 0.256 e. The summed E-state index contributed by atoms with van der Waals surface area (Å²) in [4.78, 5) is 51.2. The number of nitrogens with one attached hydrogen (secondary N) is 3. The monoisotopic (exact) mass is 367 g/mol. The fraction of sp³-hybridized carbons (Fsp3) is 0.0556. The lowest BCUT2D eigenvalue weighted by Crippen LogP contribution is -2.22. The predicted octanol–water partition coefficient (Wildman–Crippen LogP) is 1.52. The highest BCUT2D eigenvalue weighted by Crippen LogP contribution is 2.26. The fourth-order valence-corrected chi connectivity index (χ4v) is 2.11. The molecule has 0 aliphatic rings. The summed E-state index contributed by atoms with van der Waals surface area (Å²) in [6, 6.07) is 9.46. The largest absolute Gasteiger partial charge is 0.365 e. The SMILES string of the molecule is C=CC(=O)Nc1nc(NC(=O)c2ccccc2)c(C(N)=O)cc1NC(C)=O. The van der Waals surface area contributed by atoms with E-state index in [0.29, 0.717) is 5.56 Å². The first-order chi connectivity index (χ1) is 12.8. The number of hydrogen-bond donors (Lipinski definition) is 4. The maximum Gasteiger partial charge on any atom is 0.256 e. The maximum absolute atomic E-state index is 12.4. The molecular formula is C18H17N5O4. The summed E-state index contributed by atoms with van der Waals surface area (Å²) in [6.07, 6.45) is 1.00. The van der Waals surface area contributed by atoms with Crippen molar-refractivity contribution in [3.8, 4) is 0 Å². The van der Waals surface area contributed by atoms with Crippen molar-refractivity contribution >= 4 is 41.0 Å². The van der Waals surface area contributed by atoms with Crippen LogP contribution in [0.4, 0.5) is 17.3 Å². The number of rotatable bonds is 6. The molecule has 138 valence electrons. The number of nitrogens with two attached hydrogens (primary N) is 1. The molecule has 0 bridgehead atoms. The molecule has 0 aliphatic carbocycles. The topological polar surface area (TPSA) is 143 Å². The van der Waals surface area contributed by atoms with Crippen molar-refractivity contribution in [1.29, 1.82) is 0 Å². The molecule has 0 spiro atoms. The Kier molecular flexibility index (Phi) is 6.00. The second-order valence-corrected chi connectivity index (χ2v) is 5.34. The number of anilines is 3. The summed E-state index contributed by atoms with van der Waals surface area (Å²) < 4.78 is 0. The van der Waals surface area contributed by atoms with Crippen LogP contribution >= 0.6 is 0 Å². The van der Waals surface area contributed by atoms with Crippen LogP contribution in [0.1, 0.15) is 27.6 Å². The molecule has 27 heavy (non-hydrogen) atoms. The molecule has 1 aromatic carbocycles. The molecule has 0 unspecified atom stereocenters. The summed E-state index contributed by atoms with van der Waals surface area (Å²) in [6.45, 7) is 4.58. The molecule has 0 saturated heterocycles. The van der Waals surface area contributed by atoms with Crippen molar-refractivity contribution in [1.82, 2.24) is 4.98 Å². The van der Waals surface area contributed by atoms with Crippen LogP contribution in [0.15, 0.2) is 49.1 Å². The summed E-state index contributed by atoms with van der Waals surface area (Å²) >= 11 is 0. The highest BCUT2D eigenvalue weighted by atomic mass is 16.2. The molecule has 9 heteroatoms. The van der Waals surface area contributed by atoms with E-state index in [2.05, 4.69) is 27.5 Å². The van der Waals surface area contributed by atoms with E-state index in [0.717, 1.165) is 6.08 Å². The molecule has 0 fully saturated rings. The van der Waals surface area contributed by atoms with Crippen LogP contribution in [-0.2, 0) is 9.59 Å². The zero-order valence-electron chi connectivity index (χ0n) is 14.4. The van der Waals surface area contributed by atoms with E-state index in [1.807, 2.05) is 0 Å². The third-order valence-corrected chi connectivity index (χ3v) is 3.29. The van der Waals surface area contributed by atoms with E-state index >= 15 is 0 Å². The van der Waals surface area contributed by atoms with Gasteiger partial charge in [-0.05, 0) is 24.3 Å². The molecule has 0 aliphatic heterocycles. The van der Waals surface area contributed by atoms with Crippen molar-refractivity contribution < 1.29 is 19.2 Å². The van der Waals surface area contributed by atoms with E-state index < -0.39 is 23.6 Å². The Bertz CT molecular complexity index is 925. The molecule has 2 aromatic rings. The highest BCUT2D eigenvalue weighted by molar-refractivity contribution is 6.10. The van der Waals surface area contributed by atoms with Crippen LogP contribution in [0.25, 0.3) is 0 Å². The average Bonchev–Trinajstić information content (AvgIpc) is 2.63. The summed E-state index contributed by atoms with van der Waals surface area (Å²) in [7, 11) is 0. The molecule has 0 radical (unpaired) electrons. The summed E-state index contributed by atoms with van der Waals surface area (Å²) in [5.41, 5.74) is 5.60. The molecule has 0 atom stereocenters. The first-order valence-corrected chi connectivity index (χ1v) is 7.74. The van der Waals surface area contributed by atoms with Crippen LogP contribution in [-0.4, -0.2) is 28.6 Å². The lowest BCUT2D eigenvalue weighted by Gasteiger charge is -2.15. The average molecular weight is 367 g/mol. The van der Waals surface area contributed by atoms with Gasteiger partial charge < -0.3 is 21.7 Å². The third-order valence-electron chi connectivity index (χ3n) is 3.29. The highest BCUT2D eigenvalue weighted by Gasteiger charge is 2.19. The van der Waals surface area contributed by atoms with Gasteiger partial charge in [-0.2, -0.15) is 0 Å². The number of carbonyl (C=O) groups is 4. The number of benzene rings is 1. The number of amides is 4. The minimum absolute atomic E-state index is 0.0456. The van der Waals surface area contributed by atoms with Gasteiger partial charge in [0, 0.05) is 12.5 Å². The van der Waals surface area contributed by atoms with E-state index in [1.165, 1.54) is 13.0 Å². The molecule has 1 heterocycles. The van der Waals surface area contributed by atoms with Crippen LogP contribution in [0.5, 0.6) is 0 Å². The molecular weight excluding hydrogens is 350 g/mol. The van der Waals surface area contributed by atoms with Crippen molar-refractivity contribution in [3.63, 3.8) is 0 Å². The van der Waals surface area contributed by atoms with E-state index in [9.17, 15) is 19.2 Å². The van der Waals surface area contributed by atoms with E-state index in [-0.39, 0.29) is 22.9 Å². The Labute approximate surface area is 154 Å². The third kappa shape index (κ3) is 4.98. The van der Waals surface area contributed by atoms with Crippen molar-refractivity contribution in [2.45, 2.75) is 6.92 Å². The maximum atomic E-state index is 12.4. The van der Waals surface area contributed by atoms with Crippen molar-refractivity contribution in [3.05, 3.63) is 60.2 Å². The summed E-state index contributed by atoms with van der Waals surface area (Å²) in [5, 5.41) is 7.32. The van der Waals surface area contributed by atoms with Gasteiger partial charge in [0.1, 0.15) is 5.82 Å². The molecule has 9 nitrogen and oxygen atoms in total. The zero-order chi connectivity index (χ0) is 20.0. The number of carbonyl (C=O) groups excluding carboxylic acids is 4. The Balaban J connectivity index is 2.50. The number of aromatic nitrogens is 1. The van der Waals surface area contributed by atoms with Crippen LogP contribution in [0.3, 0.4) is 0 Å². The first-order valence-electron chi connectivity index (χ1n) is 7.74. The quantitative estimate of drug-likeness (QED) is 0.572. The van der Waals surface area contributed by atoms with Gasteiger partial charge in [-0.1, -0.05) is 24.8 Å². The lowest BCUT2D eigenvalue weighted by molar-refractivity contribution is -0.114. The van der Waals surface area contributed by atoms with Gasteiger partial charge in [-0.3, -0.25) is 19.2 Å². The Morgan fingerprint density at radius 3 is 2.26 bits per heavy atom. The minimum atomic E-state index is -0.876. The Morgan fingerprint density at radius 2 is 1.70 bits per heavy atom. The molecule has 1 aromatic heterocycles. The first kappa shape index (κ1) is 19.3. The molecule has 5 N–H and O–H groups in total. The predicted molar refractivity (Wildman–Crippen MR) is 100 cm³/mol. The Morgan fingerprint density at radius 1 is 1.04 bits per heavy atom. The molecule has 2 rings (SSSR count). The number of pyridine rings is 1. The van der Waals surface area contributed by atoms with E-state index in [1.54, 1.807) is 30.3 Å². The number of hydrogen-bond acceptors (Lipinski definition) is 5. The minimum Gasteiger partial charge on any atom is -0.365 e. The van der Waals surface area contributed by atoms with Crippen LogP contribution in [0.2, 0.25) is 0 Å². The van der Waals surface area contributed by atoms with Crippen LogP contribution in [0, 0.1) is 0 Å². The second-order valence-electron chi connectivity index (χ2n) is 5.34. The standard InChI is InChI=1S/C18H17N5O4/c1-3-14(25)21-17-13(20-10(2)24)9-12(15(19)26)16(22-17)23-18(27)11-7-5-4-6-8-11/h3-9H,1H2,2H3,(H2,19,26)(H,20,24)(H2,21,22,23,25,27).